The van der Waals surface area contributed by atoms with Crippen LogP contribution in [0.4, 0.5) is 0 Å². The summed E-state index contributed by atoms with van der Waals surface area (Å²) < 4.78 is 55.9. The molecule has 0 saturated carbocycles. The van der Waals surface area contributed by atoms with Crippen molar-refractivity contribution in [2.45, 2.75) is 24.5 Å². The van der Waals surface area contributed by atoms with Gasteiger partial charge in [0, 0.05) is 7.11 Å². The molecular weight excluding hydrogens is 505 g/mol. The van der Waals surface area contributed by atoms with E-state index in [-0.39, 0.29) is 11.2 Å². The van der Waals surface area contributed by atoms with E-state index in [0.717, 1.165) is 12.7 Å². The fourth-order valence-corrected chi connectivity index (χ4v) is 5.70. The number of methoxy groups -OCH3 is 1. The number of imidazole rings is 1. The normalized spacial score (nSPS) is 27.9. The van der Waals surface area contributed by atoms with Gasteiger partial charge in [0.2, 0.25) is 0 Å². The Hall–Kier alpha value is -1.36. The average Bonchev–Trinajstić information content (AvgIpc) is 3.18. The Labute approximate surface area is 177 Å². The Morgan fingerprint density at radius 1 is 1.19 bits per heavy atom. The first-order valence-electron chi connectivity index (χ1n) is 8.21. The molecule has 1 aliphatic rings. The van der Waals surface area contributed by atoms with Crippen LogP contribution in [0.15, 0.2) is 17.4 Å². The quantitative estimate of drug-likeness (QED) is 0.301. The number of phosphoric ester groups is 1. The van der Waals surface area contributed by atoms with E-state index in [1.165, 1.54) is 11.7 Å². The molecule has 3 rings (SSSR count). The number of rotatable bonds is 9. The Morgan fingerprint density at radius 3 is 2.50 bits per heavy atom. The largest absolute Gasteiger partial charge is 0.790 e. The van der Waals surface area contributed by atoms with Crippen LogP contribution in [0.1, 0.15) is 6.23 Å². The van der Waals surface area contributed by atoms with Crippen molar-refractivity contribution in [1.29, 1.82) is 0 Å². The molecule has 6 atom stereocenters. The minimum absolute atomic E-state index is 0.0523. The first kappa shape index (κ1) is 25.3. The smallest absolute Gasteiger partial charge is 0.278 e. The van der Waals surface area contributed by atoms with Crippen molar-refractivity contribution in [3.63, 3.8) is 0 Å². The van der Waals surface area contributed by atoms with Crippen molar-refractivity contribution in [3.05, 3.63) is 23.0 Å². The third-order valence-electron chi connectivity index (χ3n) is 4.02. The standard InChI is InChI=1S/C11H17N4O14P3/c1-25-8-7(16)5(2-26-31(21,22)29-32(23,24)28-30(18,19)20)27-11(8)15-4-14-6-9(15)12-3-13-10(6)17/h3-5,7-8,11,16H,2H2,1H3,(H,21,22)(H,23,24)(H,12,13,17)(H2,18,19,20)/p-4. The molecule has 3 heterocycles. The number of ether oxygens (including phenoxy) is 2. The molecule has 2 N–H and O–H groups in total. The lowest BCUT2D eigenvalue weighted by Crippen LogP contribution is -2.35. The number of phosphoric acid groups is 3. The van der Waals surface area contributed by atoms with Crippen LogP contribution in [0.2, 0.25) is 0 Å². The van der Waals surface area contributed by atoms with Gasteiger partial charge in [0.25, 0.3) is 21.2 Å². The number of fused-ring (bicyclic) bond motifs is 1. The van der Waals surface area contributed by atoms with E-state index >= 15 is 0 Å². The topological polar surface area (TPSA) is 273 Å². The maximum Gasteiger partial charge on any atom is 0.278 e. The summed E-state index contributed by atoms with van der Waals surface area (Å²) >= 11 is 0. The van der Waals surface area contributed by atoms with Gasteiger partial charge in [0.1, 0.15) is 18.3 Å². The minimum atomic E-state index is -6.13. The van der Waals surface area contributed by atoms with Crippen LogP contribution in [-0.4, -0.2) is 56.7 Å². The first-order chi connectivity index (χ1) is 14.7. The van der Waals surface area contributed by atoms with Crippen molar-refractivity contribution >= 4 is 34.6 Å². The molecule has 1 aliphatic heterocycles. The van der Waals surface area contributed by atoms with Gasteiger partial charge in [-0.2, -0.15) is 0 Å². The van der Waals surface area contributed by atoms with Gasteiger partial charge in [0.05, 0.1) is 27.1 Å². The van der Waals surface area contributed by atoms with Gasteiger partial charge in [-0.15, -0.1) is 0 Å². The molecule has 1 saturated heterocycles. The summed E-state index contributed by atoms with van der Waals surface area (Å²) in [5.74, 6) is 0. The van der Waals surface area contributed by atoms with Crippen LogP contribution in [0.3, 0.4) is 0 Å². The van der Waals surface area contributed by atoms with E-state index in [0.29, 0.717) is 0 Å². The molecule has 2 aromatic rings. The Bertz CT molecular complexity index is 1180. The second-order valence-electron chi connectivity index (χ2n) is 6.11. The Kier molecular flexibility index (Phi) is 7.20. The lowest BCUT2D eigenvalue weighted by atomic mass is 10.1. The zero-order valence-corrected chi connectivity index (χ0v) is 18.3. The molecule has 32 heavy (non-hydrogen) atoms. The fourth-order valence-electron chi connectivity index (χ4n) is 2.83. The number of nitrogens with zero attached hydrogens (tertiary/aromatic N) is 3. The zero-order valence-electron chi connectivity index (χ0n) is 15.6. The number of H-pyrrole nitrogens is 1. The number of hydrogen-bond donors (Lipinski definition) is 2. The average molecular weight is 518 g/mol. The van der Waals surface area contributed by atoms with Gasteiger partial charge in [-0.25, -0.2) is 14.3 Å². The lowest BCUT2D eigenvalue weighted by molar-refractivity contribution is -0.339. The number of aromatic nitrogens is 4. The van der Waals surface area contributed by atoms with Gasteiger partial charge in [-0.1, -0.05) is 0 Å². The second-order valence-corrected chi connectivity index (χ2v) is 10.4. The maximum absolute atomic E-state index is 11.8. The summed E-state index contributed by atoms with van der Waals surface area (Å²) in [7, 11) is -16.9. The van der Waals surface area contributed by atoms with E-state index in [1.807, 2.05) is 0 Å². The van der Waals surface area contributed by atoms with Crippen LogP contribution in [0.25, 0.3) is 11.2 Å². The highest BCUT2D eigenvalue weighted by Gasteiger charge is 2.46. The molecule has 6 unspecified atom stereocenters. The highest BCUT2D eigenvalue weighted by molar-refractivity contribution is 7.64. The number of aliphatic hydroxyl groups excluding tert-OH is 1. The monoisotopic (exact) mass is 518 g/mol. The van der Waals surface area contributed by atoms with Crippen molar-refractivity contribution in [3.8, 4) is 0 Å². The second kappa shape index (κ2) is 9.12. The van der Waals surface area contributed by atoms with Crippen LogP contribution in [-0.2, 0) is 36.3 Å². The van der Waals surface area contributed by atoms with Crippen LogP contribution in [0, 0.1) is 0 Å². The van der Waals surface area contributed by atoms with Crippen molar-refractivity contribution in [1.82, 2.24) is 19.5 Å². The maximum atomic E-state index is 11.8. The van der Waals surface area contributed by atoms with Crippen molar-refractivity contribution in [2.24, 2.45) is 0 Å². The summed E-state index contributed by atoms with van der Waals surface area (Å²) in [6.45, 7) is -1.02. The molecule has 0 amide bonds. The third-order valence-corrected chi connectivity index (χ3v) is 7.69. The zero-order chi connectivity index (χ0) is 23.9. The molecule has 0 bridgehead atoms. The minimum Gasteiger partial charge on any atom is -0.790 e. The predicted molar refractivity (Wildman–Crippen MR) is 89.8 cm³/mol. The molecule has 18 nitrogen and oxygen atoms in total. The van der Waals surface area contributed by atoms with E-state index in [2.05, 4.69) is 28.1 Å². The molecule has 180 valence electrons. The fraction of sp³-hybridized carbons (Fsp3) is 0.545. The third kappa shape index (κ3) is 5.76. The first-order valence-corrected chi connectivity index (χ1v) is 12.6. The van der Waals surface area contributed by atoms with Crippen LogP contribution in [0.5, 0.6) is 0 Å². The summed E-state index contributed by atoms with van der Waals surface area (Å²) in [6, 6.07) is 0. The number of aliphatic hydroxyl groups is 1. The van der Waals surface area contributed by atoms with Gasteiger partial charge in [0.15, 0.2) is 17.4 Å². The SMILES string of the molecule is COC1C(O)C(COP(=O)([O-])OP(=O)([O-])OP(=O)([O-])[O-])OC1n1cnc2c(=O)[nH]cnc21. The van der Waals surface area contributed by atoms with Gasteiger partial charge in [-0.05, 0) is 0 Å². The molecule has 2 aromatic heterocycles. The van der Waals surface area contributed by atoms with Gasteiger partial charge < -0.3 is 48.2 Å². The van der Waals surface area contributed by atoms with E-state index < -0.39 is 60.2 Å². The summed E-state index contributed by atoms with van der Waals surface area (Å²) in [5, 5.41) is 10.4. The van der Waals surface area contributed by atoms with E-state index in [1.54, 1.807) is 0 Å². The molecule has 1 fully saturated rings. The molecular formula is C11H13N4O14P3-4. The highest BCUT2D eigenvalue weighted by Crippen LogP contribution is 2.60. The molecule has 21 heteroatoms. The van der Waals surface area contributed by atoms with E-state index in [4.69, 9.17) is 9.47 Å². The highest BCUT2D eigenvalue weighted by atomic mass is 31.3. The predicted octanol–water partition coefficient (Wildman–Crippen LogP) is -3.79. The molecule has 0 spiro atoms. The van der Waals surface area contributed by atoms with Crippen molar-refractivity contribution < 1.29 is 61.0 Å². The molecule has 0 radical (unpaired) electrons. The van der Waals surface area contributed by atoms with Crippen LogP contribution < -0.4 is 25.1 Å². The number of aromatic amines is 1. The van der Waals surface area contributed by atoms with Gasteiger partial charge in [-0.3, -0.25) is 22.8 Å². The lowest BCUT2D eigenvalue weighted by Gasteiger charge is -2.37. The summed E-state index contributed by atoms with van der Waals surface area (Å²) in [6.07, 6.45) is -3.05. The number of hydrogen-bond acceptors (Lipinski definition) is 16. The van der Waals surface area contributed by atoms with E-state index in [9.17, 15) is 43.2 Å². The number of nitrogens with one attached hydrogen (secondary N) is 1. The van der Waals surface area contributed by atoms with Gasteiger partial charge >= 0.3 is 0 Å². The van der Waals surface area contributed by atoms with Crippen LogP contribution >= 0.6 is 23.5 Å². The summed E-state index contributed by atoms with van der Waals surface area (Å²) in [5.41, 5.74) is -0.565. The Balaban J connectivity index is 1.73. The summed E-state index contributed by atoms with van der Waals surface area (Å²) in [4.78, 5) is 65.5. The van der Waals surface area contributed by atoms with Crippen molar-refractivity contribution in [2.75, 3.05) is 13.7 Å². The molecule has 0 aromatic carbocycles. The Morgan fingerprint density at radius 2 is 1.88 bits per heavy atom. The molecule has 0 aliphatic carbocycles.